The van der Waals surface area contributed by atoms with Gasteiger partial charge in [0.1, 0.15) is 11.9 Å². The first kappa shape index (κ1) is 32.0. The highest BCUT2D eigenvalue weighted by Gasteiger charge is 2.86. The molecular formula is C34H54N2O5S. The van der Waals surface area contributed by atoms with Crippen LogP contribution in [-0.2, 0) is 23.9 Å². The number of nitrogens with zero attached hydrogens (tertiary/aromatic N) is 1. The largest absolute Gasteiger partial charge is 0.462 e. The lowest BCUT2D eigenvalue weighted by Gasteiger charge is -2.63. The van der Waals surface area contributed by atoms with Crippen LogP contribution in [0.1, 0.15) is 100 Å². The zero-order valence-corrected chi connectivity index (χ0v) is 28.4. The number of ether oxygens (including phenoxy) is 1. The molecule has 7 nitrogen and oxygen atoms in total. The second kappa shape index (κ2) is 10.3. The van der Waals surface area contributed by atoms with Crippen molar-refractivity contribution in [3.8, 4) is 0 Å². The van der Waals surface area contributed by atoms with Gasteiger partial charge in [0.15, 0.2) is 5.12 Å². The van der Waals surface area contributed by atoms with Gasteiger partial charge in [-0.15, -0.1) is 0 Å². The van der Waals surface area contributed by atoms with E-state index >= 15 is 0 Å². The topological polar surface area (TPSA) is 92.8 Å². The number of carbonyl (C=O) groups excluding carboxylic acids is 4. The first-order valence-corrected chi connectivity index (χ1v) is 17.2. The Hall–Kier alpha value is -1.41. The van der Waals surface area contributed by atoms with Crippen LogP contribution in [-0.4, -0.2) is 65.7 Å². The van der Waals surface area contributed by atoms with Gasteiger partial charge in [0.2, 0.25) is 5.91 Å². The van der Waals surface area contributed by atoms with Crippen LogP contribution in [0.2, 0.25) is 0 Å². The first-order chi connectivity index (χ1) is 19.4. The Morgan fingerprint density at radius 3 is 2.24 bits per heavy atom. The fourth-order valence-electron chi connectivity index (χ4n) is 11.5. The van der Waals surface area contributed by atoms with E-state index in [1.165, 1.54) is 18.7 Å². The van der Waals surface area contributed by atoms with Crippen LogP contribution in [0.15, 0.2) is 0 Å². The van der Waals surface area contributed by atoms with Crippen LogP contribution < -0.4 is 5.32 Å². The molecule has 5 saturated carbocycles. The predicted molar refractivity (Wildman–Crippen MR) is 166 cm³/mol. The predicted octanol–water partition coefficient (Wildman–Crippen LogP) is 5.50. The average molecular weight is 603 g/mol. The summed E-state index contributed by atoms with van der Waals surface area (Å²) in [6, 6.07) is 0.160. The number of esters is 1. The van der Waals surface area contributed by atoms with Crippen LogP contribution in [0.3, 0.4) is 0 Å². The van der Waals surface area contributed by atoms with Gasteiger partial charge in [0.25, 0.3) is 0 Å². The Bertz CT molecular complexity index is 1170. The Morgan fingerprint density at radius 1 is 1.02 bits per heavy atom. The molecule has 0 aliphatic heterocycles. The van der Waals surface area contributed by atoms with Crippen molar-refractivity contribution in [2.24, 2.45) is 50.7 Å². The highest BCUT2D eigenvalue weighted by molar-refractivity contribution is 8.13. The van der Waals surface area contributed by atoms with Crippen LogP contribution in [0.5, 0.6) is 0 Å². The maximum atomic E-state index is 14.8. The summed E-state index contributed by atoms with van der Waals surface area (Å²) in [7, 11) is 4.16. The van der Waals surface area contributed by atoms with Crippen LogP contribution in [0, 0.1) is 50.7 Å². The summed E-state index contributed by atoms with van der Waals surface area (Å²) in [5.41, 5.74) is -1.09. The number of hydrogen-bond donors (Lipinski definition) is 1. The third-order valence-corrected chi connectivity index (χ3v) is 14.9. The summed E-state index contributed by atoms with van der Waals surface area (Å²) in [6.45, 7) is 16.2. The standard InChI is InChI=1S/C34H54N2O5S/c1-19(2)29(40)35-26-13-14-33-17-34(33)25(12-11-24(33)30(26,6)18-42-22(5)38)31(7)15-23(41-21(4)37)28(20(3)36(9)10)32(31,8)16-27(34)39/h19-20,23-26,28H,11-18H2,1-10H3,(H,35,40)/t20-,23+,24-,25-,26-,28-,30-,31-,32+,33+,34?/m0/s1. The summed E-state index contributed by atoms with van der Waals surface area (Å²) in [5, 5.41) is 3.49. The fraction of sp³-hybridized carbons (Fsp3) is 0.882. The number of Topliss-reactive ketones (excluding diaryl/α,β-unsaturated/α-hetero) is 1. The molecule has 2 spiro atoms. The van der Waals surface area contributed by atoms with Crippen molar-refractivity contribution in [3.05, 3.63) is 0 Å². The highest BCUT2D eigenvalue weighted by Crippen LogP contribution is 2.88. The molecule has 0 aromatic rings. The lowest BCUT2D eigenvalue weighted by Crippen LogP contribution is -2.64. The summed E-state index contributed by atoms with van der Waals surface area (Å²) in [4.78, 5) is 54.5. The Labute approximate surface area is 257 Å². The number of fused-ring (bicyclic) bond motifs is 2. The van der Waals surface area contributed by atoms with Crippen molar-refractivity contribution in [3.63, 3.8) is 0 Å². The minimum absolute atomic E-state index is 0.00577. The summed E-state index contributed by atoms with van der Waals surface area (Å²) in [6.07, 6.45) is 5.81. The Balaban J connectivity index is 1.54. The molecule has 1 unspecified atom stereocenters. The van der Waals surface area contributed by atoms with Gasteiger partial charge in [-0.25, -0.2) is 0 Å². The molecule has 42 heavy (non-hydrogen) atoms. The molecular weight excluding hydrogens is 548 g/mol. The SMILES string of the molecule is CC(=O)O[C@@H]1C[C@@]2(C)[C@@H]3CC[C@H]4[C@](C)(CSC(C)=O)[C@@H](NC(=O)C(C)C)CC[C@@]45CC35C(=O)C[C@]2(C)[C@H]1[C@H](C)N(C)C. The van der Waals surface area contributed by atoms with Crippen molar-refractivity contribution in [2.75, 3.05) is 19.8 Å². The molecule has 1 amide bonds. The van der Waals surface area contributed by atoms with Crippen molar-refractivity contribution in [1.29, 1.82) is 0 Å². The molecule has 0 saturated heterocycles. The van der Waals surface area contributed by atoms with Gasteiger partial charge in [-0.3, -0.25) is 19.2 Å². The summed E-state index contributed by atoms with van der Waals surface area (Å²) < 4.78 is 6.09. The van der Waals surface area contributed by atoms with Crippen molar-refractivity contribution < 1.29 is 23.9 Å². The third-order valence-electron chi connectivity index (χ3n) is 13.8. The Kier molecular flexibility index (Phi) is 7.86. The van der Waals surface area contributed by atoms with Crippen LogP contribution >= 0.6 is 11.8 Å². The molecule has 8 heteroatoms. The van der Waals surface area contributed by atoms with Gasteiger partial charge < -0.3 is 15.0 Å². The zero-order valence-electron chi connectivity index (χ0n) is 27.6. The molecule has 0 aromatic carbocycles. The molecule has 5 aliphatic carbocycles. The minimum atomic E-state index is -0.351. The quantitative estimate of drug-likeness (QED) is 0.385. The Morgan fingerprint density at radius 2 is 1.67 bits per heavy atom. The highest BCUT2D eigenvalue weighted by atomic mass is 32.2. The van der Waals surface area contributed by atoms with Crippen LogP contribution in [0.25, 0.3) is 0 Å². The maximum Gasteiger partial charge on any atom is 0.302 e. The number of amides is 1. The monoisotopic (exact) mass is 602 g/mol. The van der Waals surface area contributed by atoms with E-state index in [4.69, 9.17) is 4.74 Å². The fourth-order valence-corrected chi connectivity index (χ4v) is 12.4. The molecule has 5 rings (SSSR count). The number of ketones is 1. The van der Waals surface area contributed by atoms with Crippen molar-refractivity contribution in [2.45, 2.75) is 119 Å². The van der Waals surface area contributed by atoms with Gasteiger partial charge in [0.05, 0.1) is 0 Å². The van der Waals surface area contributed by atoms with Gasteiger partial charge >= 0.3 is 5.97 Å². The second-order valence-corrected chi connectivity index (χ2v) is 17.2. The minimum Gasteiger partial charge on any atom is -0.462 e. The van der Waals surface area contributed by atoms with E-state index in [-0.39, 0.29) is 85.9 Å². The van der Waals surface area contributed by atoms with E-state index in [0.717, 1.165) is 38.5 Å². The third kappa shape index (κ3) is 4.23. The van der Waals surface area contributed by atoms with Gasteiger partial charge in [-0.05, 0) is 87.6 Å². The van der Waals surface area contributed by atoms with E-state index in [1.807, 2.05) is 13.8 Å². The summed E-state index contributed by atoms with van der Waals surface area (Å²) in [5.74, 6) is 1.41. The first-order valence-electron chi connectivity index (χ1n) is 16.2. The number of thioether (sulfide) groups is 1. The number of carbonyl (C=O) groups is 4. The molecule has 11 atom stereocenters. The van der Waals surface area contributed by atoms with E-state index in [9.17, 15) is 19.2 Å². The maximum absolute atomic E-state index is 14.8. The van der Waals surface area contributed by atoms with Crippen LogP contribution in [0.4, 0.5) is 0 Å². The molecule has 1 N–H and O–H groups in total. The van der Waals surface area contributed by atoms with E-state index in [0.29, 0.717) is 18.0 Å². The van der Waals surface area contributed by atoms with Gasteiger partial charge in [-0.1, -0.05) is 46.4 Å². The van der Waals surface area contributed by atoms with E-state index < -0.39 is 0 Å². The van der Waals surface area contributed by atoms with Gasteiger partial charge in [0, 0.05) is 60.8 Å². The van der Waals surface area contributed by atoms with E-state index in [1.54, 1.807) is 6.92 Å². The summed E-state index contributed by atoms with van der Waals surface area (Å²) >= 11 is 1.37. The molecule has 5 aliphatic rings. The number of nitrogens with one attached hydrogen (secondary N) is 1. The number of hydrogen-bond acceptors (Lipinski definition) is 7. The normalized spacial score (nSPS) is 46.3. The molecule has 236 valence electrons. The van der Waals surface area contributed by atoms with Crippen molar-refractivity contribution in [1.82, 2.24) is 10.2 Å². The molecule has 0 radical (unpaired) electrons. The molecule has 0 heterocycles. The van der Waals surface area contributed by atoms with Gasteiger partial charge in [-0.2, -0.15) is 0 Å². The molecule has 0 aromatic heterocycles. The number of rotatable bonds is 7. The lowest BCUT2D eigenvalue weighted by molar-refractivity contribution is -0.170. The lowest BCUT2D eigenvalue weighted by atomic mass is 9.41. The van der Waals surface area contributed by atoms with Crippen molar-refractivity contribution >= 4 is 34.5 Å². The molecule has 0 bridgehead atoms. The smallest absolute Gasteiger partial charge is 0.302 e. The average Bonchev–Trinajstić information content (AvgIpc) is 3.52. The van der Waals surface area contributed by atoms with E-state index in [2.05, 4.69) is 52.0 Å². The second-order valence-electron chi connectivity index (χ2n) is 16.0. The molecule has 5 fully saturated rings. The zero-order chi connectivity index (χ0) is 31.2.